The van der Waals surface area contributed by atoms with Crippen molar-refractivity contribution < 1.29 is 43.8 Å². The van der Waals surface area contributed by atoms with Crippen molar-refractivity contribution in [2.75, 3.05) is 6.54 Å². The summed E-state index contributed by atoms with van der Waals surface area (Å²) in [4.78, 5) is 94.3. The molecule has 0 aromatic heterocycles. The lowest BCUT2D eigenvalue weighted by atomic mass is 9.96. The Hall–Kier alpha value is -5.51. The fourth-order valence-corrected chi connectivity index (χ4v) is 6.30. The van der Waals surface area contributed by atoms with Crippen LogP contribution in [0.4, 0.5) is 0 Å². The SMILES string of the molecule is CC[C@H](C)[C@H](NC(=O)[C@H](Cc1ccc(O)cc1)NC(=O)[C@H](Cc1ccccc1)NC(=O)[C@H](C)NC(=O)[C@@H](NC(=O)[C@H](C)N)C(C)C)C(=O)N1CCC[C@H]1C(=O)O. The number of benzene rings is 2. The third kappa shape index (κ3) is 12.8. The number of rotatable bonds is 19. The highest BCUT2D eigenvalue weighted by atomic mass is 16.4. The molecule has 0 bridgehead atoms. The summed E-state index contributed by atoms with van der Waals surface area (Å²) in [6, 6.07) is 7.21. The van der Waals surface area contributed by atoms with Crippen molar-refractivity contribution in [3.8, 4) is 5.75 Å². The smallest absolute Gasteiger partial charge is 0.326 e. The van der Waals surface area contributed by atoms with E-state index in [1.807, 2.05) is 6.92 Å². The van der Waals surface area contributed by atoms with Gasteiger partial charge in [0.1, 0.15) is 42.0 Å². The second-order valence-corrected chi connectivity index (χ2v) is 14.8. The first kappa shape index (κ1) is 44.9. The maximum absolute atomic E-state index is 14.2. The van der Waals surface area contributed by atoms with Crippen LogP contribution in [0.5, 0.6) is 5.75 Å². The van der Waals surface area contributed by atoms with Gasteiger partial charge in [0.05, 0.1) is 6.04 Å². The molecule has 0 radical (unpaired) electrons. The van der Waals surface area contributed by atoms with Crippen LogP contribution in [0.15, 0.2) is 54.6 Å². The summed E-state index contributed by atoms with van der Waals surface area (Å²) in [6.07, 6.45) is 1.21. The van der Waals surface area contributed by atoms with E-state index in [1.54, 1.807) is 63.2 Å². The summed E-state index contributed by atoms with van der Waals surface area (Å²) in [5.74, 6) is -5.73. The topological polar surface area (TPSA) is 249 Å². The zero-order valence-electron chi connectivity index (χ0n) is 32.9. The Morgan fingerprint density at radius 2 is 1.25 bits per heavy atom. The molecule has 56 heavy (non-hydrogen) atoms. The normalized spacial score (nSPS) is 17.6. The Morgan fingerprint density at radius 1 is 0.714 bits per heavy atom. The molecule has 8 atom stereocenters. The van der Waals surface area contributed by atoms with Gasteiger partial charge in [-0.1, -0.05) is 76.6 Å². The molecular weight excluding hydrogens is 722 g/mol. The lowest BCUT2D eigenvalue weighted by Crippen LogP contribution is -2.61. The molecular formula is C40H57N7O9. The first-order chi connectivity index (χ1) is 26.4. The number of hydrogen-bond acceptors (Lipinski definition) is 9. The lowest BCUT2D eigenvalue weighted by molar-refractivity contribution is -0.150. The van der Waals surface area contributed by atoms with Crippen molar-refractivity contribution in [2.45, 2.75) is 116 Å². The molecule has 1 aliphatic heterocycles. The van der Waals surface area contributed by atoms with E-state index in [2.05, 4.69) is 26.6 Å². The van der Waals surface area contributed by atoms with Gasteiger partial charge in [-0.15, -0.1) is 0 Å². The van der Waals surface area contributed by atoms with Crippen LogP contribution in [0, 0.1) is 11.8 Å². The number of carbonyl (C=O) groups excluding carboxylic acids is 6. The number of carboxylic acid groups (broad SMARTS) is 1. The van der Waals surface area contributed by atoms with Crippen molar-refractivity contribution in [1.82, 2.24) is 31.5 Å². The van der Waals surface area contributed by atoms with E-state index >= 15 is 0 Å². The van der Waals surface area contributed by atoms with Crippen LogP contribution in [0.2, 0.25) is 0 Å². The van der Waals surface area contributed by atoms with Crippen molar-refractivity contribution >= 4 is 41.4 Å². The Kier molecular flexibility index (Phi) is 16.8. The van der Waals surface area contributed by atoms with Gasteiger partial charge in [0.15, 0.2) is 0 Å². The molecule has 0 saturated carbocycles. The number of hydrogen-bond donors (Lipinski definition) is 8. The van der Waals surface area contributed by atoms with Gasteiger partial charge >= 0.3 is 5.97 Å². The first-order valence-electron chi connectivity index (χ1n) is 19.1. The average Bonchev–Trinajstić information content (AvgIpc) is 3.66. The number of carbonyl (C=O) groups is 7. The van der Waals surface area contributed by atoms with Gasteiger partial charge in [0, 0.05) is 19.4 Å². The van der Waals surface area contributed by atoms with Gasteiger partial charge in [0.2, 0.25) is 35.4 Å². The first-order valence-corrected chi connectivity index (χ1v) is 19.1. The predicted octanol–water partition coefficient (Wildman–Crippen LogP) is 0.746. The number of aliphatic carboxylic acids is 1. The van der Waals surface area contributed by atoms with Crippen LogP contribution < -0.4 is 32.3 Å². The molecule has 306 valence electrons. The van der Waals surface area contributed by atoms with E-state index in [4.69, 9.17) is 5.73 Å². The Morgan fingerprint density at radius 3 is 1.79 bits per heavy atom. The highest BCUT2D eigenvalue weighted by Crippen LogP contribution is 2.22. The monoisotopic (exact) mass is 779 g/mol. The van der Waals surface area contributed by atoms with Gasteiger partial charge < -0.3 is 47.4 Å². The lowest BCUT2D eigenvalue weighted by Gasteiger charge is -2.32. The molecule has 0 spiro atoms. The van der Waals surface area contributed by atoms with E-state index in [9.17, 15) is 43.8 Å². The van der Waals surface area contributed by atoms with Gasteiger partial charge in [-0.25, -0.2) is 4.79 Å². The molecule has 0 aliphatic carbocycles. The van der Waals surface area contributed by atoms with Crippen molar-refractivity contribution in [2.24, 2.45) is 17.6 Å². The van der Waals surface area contributed by atoms with Crippen LogP contribution in [0.3, 0.4) is 0 Å². The molecule has 16 heteroatoms. The predicted molar refractivity (Wildman–Crippen MR) is 208 cm³/mol. The molecule has 16 nitrogen and oxygen atoms in total. The molecule has 3 rings (SSSR count). The van der Waals surface area contributed by atoms with E-state index in [-0.39, 0.29) is 31.1 Å². The third-order valence-corrected chi connectivity index (χ3v) is 9.94. The number of likely N-dealkylation sites (tertiary alicyclic amines) is 1. The highest BCUT2D eigenvalue weighted by molar-refractivity contribution is 5.97. The van der Waals surface area contributed by atoms with Crippen LogP contribution in [-0.2, 0) is 46.4 Å². The number of nitrogens with zero attached hydrogens (tertiary/aromatic N) is 1. The molecule has 2 aromatic carbocycles. The number of carboxylic acids is 1. The largest absolute Gasteiger partial charge is 0.508 e. The second-order valence-electron chi connectivity index (χ2n) is 14.8. The zero-order chi connectivity index (χ0) is 41.7. The molecule has 0 unspecified atom stereocenters. The van der Waals surface area contributed by atoms with Gasteiger partial charge in [-0.05, 0) is 61.8 Å². The van der Waals surface area contributed by atoms with Gasteiger partial charge in [0.25, 0.3) is 0 Å². The Labute approximate surface area is 327 Å². The number of amides is 6. The van der Waals surface area contributed by atoms with E-state index in [1.165, 1.54) is 30.9 Å². The summed E-state index contributed by atoms with van der Waals surface area (Å²) in [5, 5.41) is 33.0. The van der Waals surface area contributed by atoms with E-state index in [0.29, 0.717) is 30.4 Å². The van der Waals surface area contributed by atoms with Gasteiger partial charge in [-0.2, -0.15) is 0 Å². The summed E-state index contributed by atoms with van der Waals surface area (Å²) in [6.45, 7) is 10.2. The molecule has 1 saturated heterocycles. The third-order valence-electron chi connectivity index (χ3n) is 9.94. The van der Waals surface area contributed by atoms with Crippen LogP contribution in [0.1, 0.15) is 71.9 Å². The van der Waals surface area contributed by atoms with Crippen molar-refractivity contribution in [3.63, 3.8) is 0 Å². The molecule has 2 aromatic rings. The number of phenolic OH excluding ortho intramolecular Hbond substituents is 1. The van der Waals surface area contributed by atoms with E-state index < -0.39 is 89.6 Å². The average molecular weight is 780 g/mol. The molecule has 1 heterocycles. The van der Waals surface area contributed by atoms with Gasteiger partial charge in [-0.3, -0.25) is 28.8 Å². The molecule has 9 N–H and O–H groups in total. The van der Waals surface area contributed by atoms with E-state index in [0.717, 1.165) is 0 Å². The van der Waals surface area contributed by atoms with Crippen LogP contribution in [0.25, 0.3) is 0 Å². The highest BCUT2D eigenvalue weighted by Gasteiger charge is 2.40. The number of phenols is 1. The minimum Gasteiger partial charge on any atom is -0.508 e. The number of nitrogens with one attached hydrogen (secondary N) is 5. The summed E-state index contributed by atoms with van der Waals surface area (Å²) < 4.78 is 0. The van der Waals surface area contributed by atoms with Crippen LogP contribution >= 0.6 is 0 Å². The number of nitrogens with two attached hydrogens (primary N) is 1. The summed E-state index contributed by atoms with van der Waals surface area (Å²) in [5.41, 5.74) is 6.91. The van der Waals surface area contributed by atoms with Crippen molar-refractivity contribution in [1.29, 1.82) is 0 Å². The maximum atomic E-state index is 14.2. The second kappa shape index (κ2) is 21.0. The summed E-state index contributed by atoms with van der Waals surface area (Å²) >= 11 is 0. The quantitative estimate of drug-likeness (QED) is 0.0994. The minimum absolute atomic E-state index is 0.00517. The fourth-order valence-electron chi connectivity index (χ4n) is 6.30. The minimum atomic E-state index is -1.28. The van der Waals surface area contributed by atoms with Crippen LogP contribution in [-0.4, -0.2) is 105 Å². The molecule has 1 aliphatic rings. The molecule has 1 fully saturated rings. The maximum Gasteiger partial charge on any atom is 0.326 e. The standard InChI is InChI=1S/C40H57N7O9/c1-7-23(4)33(39(54)47-19-11-14-31(47)40(55)56)46-37(52)30(21-27-15-17-28(48)18-16-27)44-36(51)29(20-26-12-9-8-10-13-26)43-35(50)25(6)42-38(53)32(22(2)3)45-34(49)24(5)41/h8-10,12-13,15-18,22-25,29-33,48H,7,11,14,19-21,41H2,1-6H3,(H,42,53)(H,43,50)(H,44,51)(H,45,49)(H,46,52)(H,55,56)/t23-,24-,25-,29-,30-,31-,32-,33-/m0/s1. The Balaban J connectivity index is 1.90. The fraction of sp³-hybridized carbons (Fsp3) is 0.525. The zero-order valence-corrected chi connectivity index (χ0v) is 32.9. The molecule has 6 amide bonds. The Bertz CT molecular complexity index is 1690. The summed E-state index contributed by atoms with van der Waals surface area (Å²) in [7, 11) is 0. The number of aromatic hydroxyl groups is 1. The van der Waals surface area contributed by atoms with Crippen molar-refractivity contribution in [3.05, 3.63) is 65.7 Å².